The average Bonchev–Trinajstić information content (AvgIpc) is 3.41. The van der Waals surface area contributed by atoms with Crippen molar-refractivity contribution < 1.29 is 4.79 Å². The van der Waals surface area contributed by atoms with E-state index in [1.54, 1.807) is 12.4 Å². The molecule has 0 bridgehead atoms. The molecule has 1 aliphatic carbocycles. The van der Waals surface area contributed by atoms with Crippen molar-refractivity contribution in [1.29, 1.82) is 0 Å². The number of carbonyl (C=O) groups is 1. The van der Waals surface area contributed by atoms with E-state index in [0.29, 0.717) is 22.7 Å². The number of pyridine rings is 2. The zero-order valence-corrected chi connectivity index (χ0v) is 23.5. The Morgan fingerprint density at radius 3 is 2.54 bits per heavy atom. The molecule has 41 heavy (non-hydrogen) atoms. The molecule has 0 spiro atoms. The molecule has 0 unspecified atom stereocenters. The Hall–Kier alpha value is -4.61. The maximum atomic E-state index is 12.7. The Morgan fingerprint density at radius 1 is 1.00 bits per heavy atom. The lowest BCUT2D eigenvalue weighted by Gasteiger charge is -2.19. The molecule has 0 fully saturated rings. The molecule has 4 N–H and O–H groups in total. The number of rotatable bonds is 5. The molecule has 1 aliphatic heterocycles. The number of aliphatic imine (C=N–C) groups is 1. The van der Waals surface area contributed by atoms with Gasteiger partial charge in [-0.3, -0.25) is 14.8 Å². The zero-order valence-electron chi connectivity index (χ0n) is 22.7. The minimum Gasteiger partial charge on any atom is -0.398 e. The largest absolute Gasteiger partial charge is 0.398 e. The fourth-order valence-corrected chi connectivity index (χ4v) is 5.81. The van der Waals surface area contributed by atoms with Crippen LogP contribution in [0.2, 0.25) is 0 Å². The summed E-state index contributed by atoms with van der Waals surface area (Å²) >= 11 is 5.85. The van der Waals surface area contributed by atoms with E-state index in [9.17, 15) is 4.79 Å². The van der Waals surface area contributed by atoms with Crippen molar-refractivity contribution in [3.8, 4) is 23.1 Å². The molecule has 2 aromatic heterocycles. The van der Waals surface area contributed by atoms with Crippen LogP contribution in [0.1, 0.15) is 51.9 Å². The fourth-order valence-electron chi connectivity index (χ4n) is 5.53. The van der Waals surface area contributed by atoms with Gasteiger partial charge in [0.2, 0.25) is 0 Å². The monoisotopic (exact) mass is 558 g/mol. The van der Waals surface area contributed by atoms with Crippen LogP contribution in [0, 0.1) is 11.8 Å². The van der Waals surface area contributed by atoms with Gasteiger partial charge in [0.05, 0.1) is 29.2 Å². The number of aryl methyl sites for hydroxylation is 1. The van der Waals surface area contributed by atoms with Crippen LogP contribution < -0.4 is 16.4 Å². The highest BCUT2D eigenvalue weighted by molar-refractivity contribution is 7.81. The number of nitrogens with one attached hydrogen (secondary N) is 2. The van der Waals surface area contributed by atoms with E-state index in [2.05, 4.69) is 32.5 Å². The normalized spacial score (nSPS) is 14.2. The Morgan fingerprint density at radius 2 is 1.78 bits per heavy atom. The molecule has 2 aliphatic rings. The first kappa shape index (κ1) is 26.6. The van der Waals surface area contributed by atoms with Gasteiger partial charge < -0.3 is 16.4 Å². The van der Waals surface area contributed by atoms with Gasteiger partial charge >= 0.3 is 0 Å². The summed E-state index contributed by atoms with van der Waals surface area (Å²) in [5, 5.41) is 7.13. The van der Waals surface area contributed by atoms with Crippen molar-refractivity contribution in [1.82, 2.24) is 20.6 Å². The molecule has 1 amide bonds. The molecule has 7 nitrogen and oxygen atoms in total. The summed E-state index contributed by atoms with van der Waals surface area (Å²) in [5.74, 6) is 7.01. The van der Waals surface area contributed by atoms with Gasteiger partial charge in [0.1, 0.15) is 5.84 Å². The SMILES string of the molecule is Nc1ccc2nc(-c3ccc(C(=O)NCC4=NCCN4)cc3)c3c(c2c1C(=S)C#Cc1ccncc1)CCCCC3. The summed E-state index contributed by atoms with van der Waals surface area (Å²) in [4.78, 5) is 26.8. The van der Waals surface area contributed by atoms with Crippen molar-refractivity contribution in [2.45, 2.75) is 32.1 Å². The molecular formula is C33H30N6OS. The Balaban J connectivity index is 1.38. The van der Waals surface area contributed by atoms with Gasteiger partial charge in [-0.25, -0.2) is 4.98 Å². The molecule has 0 atom stereocenters. The van der Waals surface area contributed by atoms with E-state index in [1.165, 1.54) is 11.1 Å². The van der Waals surface area contributed by atoms with E-state index in [4.69, 9.17) is 22.9 Å². The maximum Gasteiger partial charge on any atom is 0.251 e. The number of thiocarbonyl (C=S) groups is 1. The molecule has 204 valence electrons. The van der Waals surface area contributed by atoms with Crippen LogP contribution in [0.3, 0.4) is 0 Å². The van der Waals surface area contributed by atoms with Gasteiger partial charge in [0.15, 0.2) is 0 Å². The summed E-state index contributed by atoms with van der Waals surface area (Å²) in [6, 6.07) is 15.3. The number of fused-ring (bicyclic) bond motifs is 3. The summed E-state index contributed by atoms with van der Waals surface area (Å²) in [6.45, 7) is 1.98. The van der Waals surface area contributed by atoms with Gasteiger partial charge in [0, 0.05) is 52.3 Å². The highest BCUT2D eigenvalue weighted by Gasteiger charge is 2.22. The number of amidine groups is 1. The molecule has 6 rings (SSSR count). The van der Waals surface area contributed by atoms with Gasteiger partial charge in [-0.1, -0.05) is 36.7 Å². The molecule has 8 heteroatoms. The predicted molar refractivity (Wildman–Crippen MR) is 168 cm³/mol. The van der Waals surface area contributed by atoms with E-state index < -0.39 is 0 Å². The first-order chi connectivity index (χ1) is 20.1. The van der Waals surface area contributed by atoms with E-state index in [-0.39, 0.29) is 5.91 Å². The number of hydrogen-bond donors (Lipinski definition) is 3. The van der Waals surface area contributed by atoms with Crippen molar-refractivity contribution in [2.24, 2.45) is 4.99 Å². The smallest absolute Gasteiger partial charge is 0.251 e. The van der Waals surface area contributed by atoms with Gasteiger partial charge in [-0.05, 0) is 79.1 Å². The number of hydrogen-bond acceptors (Lipinski definition) is 7. The lowest BCUT2D eigenvalue weighted by Crippen LogP contribution is -2.34. The molecule has 0 saturated heterocycles. The van der Waals surface area contributed by atoms with Gasteiger partial charge in [-0.15, -0.1) is 0 Å². The van der Waals surface area contributed by atoms with Gasteiger partial charge in [-0.2, -0.15) is 0 Å². The summed E-state index contributed by atoms with van der Waals surface area (Å²) in [7, 11) is 0. The van der Waals surface area contributed by atoms with E-state index in [0.717, 1.165) is 84.3 Å². The zero-order chi connectivity index (χ0) is 28.2. The number of nitrogens with zero attached hydrogens (tertiary/aromatic N) is 3. The van der Waals surface area contributed by atoms with Crippen LogP contribution >= 0.6 is 12.2 Å². The quantitative estimate of drug-likeness (QED) is 0.108. The van der Waals surface area contributed by atoms with Gasteiger partial charge in [0.25, 0.3) is 5.91 Å². The van der Waals surface area contributed by atoms with E-state index >= 15 is 0 Å². The van der Waals surface area contributed by atoms with Crippen LogP contribution in [-0.4, -0.2) is 46.2 Å². The standard InChI is InChI=1S/C33H30N6OS/c34-26-11-12-27-30(31(26)28(41)13-6-21-14-16-35-17-15-21)24-4-2-1-3-5-25(24)32(39-27)22-7-9-23(10-8-22)33(40)38-20-29-36-18-19-37-29/h7-12,14-17H,1-5,18-20,34H2,(H,36,37)(H,38,40). The molecular weight excluding hydrogens is 528 g/mol. The molecule has 0 saturated carbocycles. The third kappa shape index (κ3) is 5.67. The number of carbonyl (C=O) groups excluding carboxylic acids is 1. The van der Waals surface area contributed by atoms with Crippen LogP contribution in [0.25, 0.3) is 22.2 Å². The lowest BCUT2D eigenvalue weighted by molar-refractivity contribution is 0.0959. The molecule has 0 radical (unpaired) electrons. The predicted octanol–water partition coefficient (Wildman–Crippen LogP) is 4.65. The van der Waals surface area contributed by atoms with Crippen molar-refractivity contribution >= 4 is 45.4 Å². The Kier molecular flexibility index (Phi) is 7.70. The van der Waals surface area contributed by atoms with Crippen LogP contribution in [-0.2, 0) is 12.8 Å². The minimum atomic E-state index is -0.125. The second-order valence-electron chi connectivity index (χ2n) is 10.2. The Bertz CT molecular complexity index is 1740. The third-order valence-corrected chi connectivity index (χ3v) is 7.87. The molecule has 3 heterocycles. The third-order valence-electron chi connectivity index (χ3n) is 7.56. The summed E-state index contributed by atoms with van der Waals surface area (Å²) in [6.07, 6.45) is 8.62. The molecule has 2 aromatic carbocycles. The molecule has 4 aromatic rings. The average molecular weight is 559 g/mol. The minimum absolute atomic E-state index is 0.125. The first-order valence-electron chi connectivity index (χ1n) is 13.9. The Labute approximate surface area is 244 Å². The maximum absolute atomic E-state index is 12.7. The lowest BCUT2D eigenvalue weighted by atomic mass is 9.90. The van der Waals surface area contributed by atoms with Crippen LogP contribution in [0.4, 0.5) is 5.69 Å². The van der Waals surface area contributed by atoms with Crippen molar-refractivity contribution in [3.05, 3.63) is 88.7 Å². The van der Waals surface area contributed by atoms with Crippen molar-refractivity contribution in [2.75, 3.05) is 25.4 Å². The highest BCUT2D eigenvalue weighted by atomic mass is 32.1. The topological polar surface area (TPSA) is 105 Å². The number of nitrogen functional groups attached to an aromatic ring is 1. The number of benzene rings is 2. The summed E-state index contributed by atoms with van der Waals surface area (Å²) in [5.41, 5.74) is 14.7. The van der Waals surface area contributed by atoms with Crippen LogP contribution in [0.15, 0.2) is 65.9 Å². The second-order valence-corrected chi connectivity index (χ2v) is 10.6. The number of aromatic nitrogens is 2. The number of amides is 1. The second kappa shape index (κ2) is 11.9. The summed E-state index contributed by atoms with van der Waals surface area (Å²) < 4.78 is 0. The number of anilines is 1. The van der Waals surface area contributed by atoms with Crippen LogP contribution in [0.5, 0.6) is 0 Å². The highest BCUT2D eigenvalue weighted by Crippen LogP contribution is 2.37. The van der Waals surface area contributed by atoms with Crippen molar-refractivity contribution in [3.63, 3.8) is 0 Å². The first-order valence-corrected chi connectivity index (χ1v) is 14.4. The number of nitrogens with two attached hydrogens (primary N) is 1. The fraction of sp³-hybridized carbons (Fsp3) is 0.242. The van der Waals surface area contributed by atoms with E-state index in [1.807, 2.05) is 48.5 Å².